The minimum absolute atomic E-state index is 0.535. The van der Waals surface area contributed by atoms with Crippen LogP contribution in [0.5, 0.6) is 5.88 Å². The second kappa shape index (κ2) is 7.06. The molecule has 1 aromatic heterocycles. The maximum atomic E-state index is 5.87. The summed E-state index contributed by atoms with van der Waals surface area (Å²) in [6.45, 7) is 2.62. The van der Waals surface area contributed by atoms with Crippen molar-refractivity contribution in [3.8, 4) is 5.88 Å². The van der Waals surface area contributed by atoms with Gasteiger partial charge < -0.3 is 9.64 Å². The van der Waals surface area contributed by atoms with Crippen LogP contribution in [0.25, 0.3) is 0 Å². The van der Waals surface area contributed by atoms with Gasteiger partial charge in [-0.05, 0) is 47.4 Å². The van der Waals surface area contributed by atoms with E-state index in [9.17, 15) is 0 Å². The highest BCUT2D eigenvalue weighted by atomic mass is 127. The molecule has 1 aromatic carbocycles. The third-order valence-electron chi connectivity index (χ3n) is 3.56. The van der Waals surface area contributed by atoms with Crippen LogP contribution in [0.1, 0.15) is 24.8 Å². The maximum absolute atomic E-state index is 5.87. The molecular formula is C16H18IN3O. The van der Waals surface area contributed by atoms with Gasteiger partial charge in [0, 0.05) is 19.3 Å². The number of piperidine rings is 1. The first-order chi connectivity index (χ1) is 10.3. The number of rotatable bonds is 4. The second-order valence-electron chi connectivity index (χ2n) is 5.15. The van der Waals surface area contributed by atoms with E-state index < -0.39 is 0 Å². The Balaban J connectivity index is 1.72. The number of hydrogen-bond donors (Lipinski definition) is 0. The summed E-state index contributed by atoms with van der Waals surface area (Å²) in [5.74, 6) is 1.47. The minimum atomic E-state index is 0.535. The lowest BCUT2D eigenvalue weighted by Crippen LogP contribution is -2.31. The van der Waals surface area contributed by atoms with Crippen LogP contribution in [0.4, 0.5) is 5.95 Å². The molecule has 0 radical (unpaired) electrons. The maximum Gasteiger partial charge on any atom is 0.232 e. The molecule has 110 valence electrons. The molecule has 0 unspecified atom stereocenters. The molecule has 4 nitrogen and oxygen atoms in total. The molecule has 0 N–H and O–H groups in total. The molecule has 1 saturated heterocycles. The van der Waals surface area contributed by atoms with Crippen molar-refractivity contribution >= 4 is 28.5 Å². The van der Waals surface area contributed by atoms with E-state index >= 15 is 0 Å². The molecule has 1 aliphatic heterocycles. The van der Waals surface area contributed by atoms with Gasteiger partial charge in [0.15, 0.2) is 0 Å². The van der Waals surface area contributed by atoms with Gasteiger partial charge in [-0.1, -0.05) is 30.3 Å². The Morgan fingerprint density at radius 1 is 1.10 bits per heavy atom. The first-order valence-electron chi connectivity index (χ1n) is 7.27. The fourth-order valence-corrected chi connectivity index (χ4v) is 2.83. The summed E-state index contributed by atoms with van der Waals surface area (Å²) in [6.07, 6.45) is 5.58. The van der Waals surface area contributed by atoms with Crippen LogP contribution in [0.3, 0.4) is 0 Å². The molecule has 21 heavy (non-hydrogen) atoms. The number of halogens is 1. The fourth-order valence-electron chi connectivity index (χ4n) is 2.42. The zero-order valence-electron chi connectivity index (χ0n) is 11.8. The Morgan fingerprint density at radius 2 is 1.86 bits per heavy atom. The van der Waals surface area contributed by atoms with Gasteiger partial charge in [-0.25, -0.2) is 4.98 Å². The van der Waals surface area contributed by atoms with Crippen LogP contribution >= 0.6 is 22.6 Å². The van der Waals surface area contributed by atoms with E-state index in [2.05, 4.69) is 49.6 Å². The third-order valence-corrected chi connectivity index (χ3v) is 4.30. The lowest BCUT2D eigenvalue weighted by molar-refractivity contribution is 0.290. The van der Waals surface area contributed by atoms with E-state index in [4.69, 9.17) is 4.74 Å². The minimum Gasteiger partial charge on any atom is -0.472 e. The third kappa shape index (κ3) is 3.84. The Hall–Kier alpha value is -1.37. The molecule has 3 rings (SSSR count). The van der Waals surface area contributed by atoms with Crippen molar-refractivity contribution in [2.45, 2.75) is 25.9 Å². The molecule has 2 heterocycles. The molecule has 1 fully saturated rings. The highest BCUT2D eigenvalue weighted by Gasteiger charge is 2.15. The largest absolute Gasteiger partial charge is 0.472 e. The predicted molar refractivity (Wildman–Crippen MR) is 91.6 cm³/mol. The van der Waals surface area contributed by atoms with E-state index in [1.807, 2.05) is 24.4 Å². The van der Waals surface area contributed by atoms with Crippen molar-refractivity contribution in [2.24, 2.45) is 0 Å². The fraction of sp³-hybridized carbons (Fsp3) is 0.375. The summed E-state index contributed by atoms with van der Waals surface area (Å²) in [5.41, 5.74) is 1.14. The Labute approximate surface area is 138 Å². The Bertz CT molecular complexity index is 585. The number of anilines is 1. The molecule has 0 saturated carbocycles. The number of nitrogens with zero attached hydrogens (tertiary/aromatic N) is 3. The van der Waals surface area contributed by atoms with Gasteiger partial charge in [0.2, 0.25) is 11.8 Å². The topological polar surface area (TPSA) is 38.2 Å². The standard InChI is InChI=1S/C16H18IN3O/c17-14-11-18-16(20-9-5-2-6-10-20)19-15(14)21-12-13-7-3-1-4-8-13/h1,3-4,7-8,11H,2,5-6,9-10,12H2. The van der Waals surface area contributed by atoms with Crippen LogP contribution in [0, 0.1) is 3.57 Å². The molecule has 2 aromatic rings. The van der Waals surface area contributed by atoms with Crippen molar-refractivity contribution in [1.29, 1.82) is 0 Å². The lowest BCUT2D eigenvalue weighted by atomic mass is 10.1. The van der Waals surface area contributed by atoms with E-state index in [-0.39, 0.29) is 0 Å². The second-order valence-corrected chi connectivity index (χ2v) is 6.31. The van der Waals surface area contributed by atoms with E-state index in [0.29, 0.717) is 12.5 Å². The summed E-state index contributed by atoms with van der Waals surface area (Å²) in [6, 6.07) is 10.2. The molecule has 1 aliphatic rings. The average molecular weight is 395 g/mol. The Kier molecular flexibility index (Phi) is 4.90. The predicted octanol–water partition coefficient (Wildman–Crippen LogP) is 3.65. The average Bonchev–Trinajstić information content (AvgIpc) is 2.56. The SMILES string of the molecule is Ic1cnc(N2CCCCC2)nc1OCc1ccccc1. The first kappa shape index (κ1) is 14.6. The van der Waals surface area contributed by atoms with Crippen LogP contribution in [0.2, 0.25) is 0 Å². The zero-order chi connectivity index (χ0) is 14.5. The number of benzene rings is 1. The highest BCUT2D eigenvalue weighted by molar-refractivity contribution is 14.1. The van der Waals surface area contributed by atoms with Crippen LogP contribution in [-0.4, -0.2) is 23.1 Å². The van der Waals surface area contributed by atoms with Crippen molar-refractivity contribution in [2.75, 3.05) is 18.0 Å². The van der Waals surface area contributed by atoms with Crippen molar-refractivity contribution < 1.29 is 4.74 Å². The van der Waals surface area contributed by atoms with Gasteiger partial charge in [0.05, 0.1) is 3.57 Å². The number of hydrogen-bond acceptors (Lipinski definition) is 4. The molecule has 0 spiro atoms. The van der Waals surface area contributed by atoms with Crippen molar-refractivity contribution in [3.05, 3.63) is 45.7 Å². The molecule has 0 bridgehead atoms. The zero-order valence-corrected chi connectivity index (χ0v) is 14.0. The summed E-state index contributed by atoms with van der Waals surface area (Å²) in [7, 11) is 0. The van der Waals surface area contributed by atoms with Crippen LogP contribution < -0.4 is 9.64 Å². The summed E-state index contributed by atoms with van der Waals surface area (Å²) < 4.78 is 6.82. The van der Waals surface area contributed by atoms with Gasteiger partial charge in [0.25, 0.3) is 0 Å². The smallest absolute Gasteiger partial charge is 0.232 e. The van der Waals surface area contributed by atoms with Crippen molar-refractivity contribution in [3.63, 3.8) is 0 Å². The van der Waals surface area contributed by atoms with E-state index in [1.54, 1.807) is 0 Å². The summed E-state index contributed by atoms with van der Waals surface area (Å²) >= 11 is 2.22. The quantitative estimate of drug-likeness (QED) is 0.741. The van der Waals surface area contributed by atoms with Crippen molar-refractivity contribution in [1.82, 2.24) is 9.97 Å². The van der Waals surface area contributed by atoms with E-state index in [0.717, 1.165) is 28.2 Å². The lowest BCUT2D eigenvalue weighted by Gasteiger charge is -2.26. The van der Waals surface area contributed by atoms with Gasteiger partial charge in [-0.3, -0.25) is 0 Å². The van der Waals surface area contributed by atoms with E-state index in [1.165, 1.54) is 19.3 Å². The monoisotopic (exact) mass is 395 g/mol. The molecule has 0 atom stereocenters. The molecule has 0 amide bonds. The van der Waals surface area contributed by atoms with Gasteiger partial charge in [0.1, 0.15) is 6.61 Å². The molecule has 0 aliphatic carbocycles. The van der Waals surface area contributed by atoms with Crippen LogP contribution in [-0.2, 0) is 6.61 Å². The normalized spacial score (nSPS) is 15.0. The molecule has 5 heteroatoms. The summed E-state index contributed by atoms with van der Waals surface area (Å²) in [5, 5.41) is 0. The number of ether oxygens (including phenoxy) is 1. The Morgan fingerprint density at radius 3 is 2.62 bits per heavy atom. The van der Waals surface area contributed by atoms with Gasteiger partial charge in [-0.2, -0.15) is 4.98 Å². The van der Waals surface area contributed by atoms with Crippen LogP contribution in [0.15, 0.2) is 36.5 Å². The summed E-state index contributed by atoms with van der Waals surface area (Å²) in [4.78, 5) is 11.3. The number of aromatic nitrogens is 2. The molecular weight excluding hydrogens is 377 g/mol. The van der Waals surface area contributed by atoms with Gasteiger partial charge in [-0.15, -0.1) is 0 Å². The van der Waals surface area contributed by atoms with Gasteiger partial charge >= 0.3 is 0 Å². The first-order valence-corrected chi connectivity index (χ1v) is 8.35. The highest BCUT2D eigenvalue weighted by Crippen LogP contribution is 2.23.